The van der Waals surface area contributed by atoms with Crippen molar-refractivity contribution in [3.05, 3.63) is 66.0 Å². The first-order chi connectivity index (χ1) is 15.3. The third-order valence-electron chi connectivity index (χ3n) is 5.92. The van der Waals surface area contributed by atoms with Gasteiger partial charge in [-0.25, -0.2) is 0 Å². The SMILES string of the molecule is Cc1ccccc1OCc1nnc(SCCN2C[C@H]3CC[C@@H](C2)O3)n1-c1ccccc1. The molecule has 2 aliphatic rings. The van der Waals surface area contributed by atoms with Gasteiger partial charge in [0.2, 0.25) is 0 Å². The van der Waals surface area contributed by atoms with Gasteiger partial charge in [-0.15, -0.1) is 10.2 Å². The van der Waals surface area contributed by atoms with Crippen molar-refractivity contribution in [2.24, 2.45) is 0 Å². The average molecular weight is 437 g/mol. The second-order valence-electron chi connectivity index (χ2n) is 8.19. The second-order valence-corrected chi connectivity index (χ2v) is 9.25. The normalized spacial score (nSPS) is 20.8. The molecule has 2 aliphatic heterocycles. The monoisotopic (exact) mass is 436 g/mol. The van der Waals surface area contributed by atoms with Crippen LogP contribution in [0.5, 0.6) is 5.75 Å². The summed E-state index contributed by atoms with van der Waals surface area (Å²) in [4.78, 5) is 2.53. The van der Waals surface area contributed by atoms with Crippen molar-refractivity contribution in [2.75, 3.05) is 25.4 Å². The first kappa shape index (κ1) is 20.5. The van der Waals surface area contributed by atoms with E-state index in [0.29, 0.717) is 18.8 Å². The van der Waals surface area contributed by atoms with Crippen LogP contribution in [0.4, 0.5) is 0 Å². The zero-order chi connectivity index (χ0) is 21.0. The number of aryl methyl sites for hydroxylation is 1. The number of thioether (sulfide) groups is 1. The van der Waals surface area contributed by atoms with Crippen LogP contribution in [0.25, 0.3) is 5.69 Å². The van der Waals surface area contributed by atoms with Crippen molar-refractivity contribution in [1.29, 1.82) is 0 Å². The molecule has 0 spiro atoms. The smallest absolute Gasteiger partial charge is 0.195 e. The molecule has 1 aromatic heterocycles. The first-order valence-electron chi connectivity index (χ1n) is 10.9. The summed E-state index contributed by atoms with van der Waals surface area (Å²) in [6, 6.07) is 18.3. The molecule has 31 heavy (non-hydrogen) atoms. The van der Waals surface area contributed by atoms with Gasteiger partial charge in [0.1, 0.15) is 12.4 Å². The van der Waals surface area contributed by atoms with Gasteiger partial charge in [-0.2, -0.15) is 0 Å². The molecular formula is C24H28N4O2S. The van der Waals surface area contributed by atoms with Gasteiger partial charge in [-0.05, 0) is 43.5 Å². The Balaban J connectivity index is 1.28. The van der Waals surface area contributed by atoms with E-state index in [4.69, 9.17) is 9.47 Å². The van der Waals surface area contributed by atoms with E-state index in [-0.39, 0.29) is 0 Å². The largest absolute Gasteiger partial charge is 0.485 e. The van der Waals surface area contributed by atoms with Crippen molar-refractivity contribution in [2.45, 2.75) is 43.7 Å². The molecule has 2 saturated heterocycles. The molecule has 3 aromatic rings. The number of hydrogen-bond acceptors (Lipinski definition) is 6. The molecule has 0 radical (unpaired) electrons. The van der Waals surface area contributed by atoms with E-state index < -0.39 is 0 Å². The molecule has 0 saturated carbocycles. The Hall–Kier alpha value is -2.35. The van der Waals surface area contributed by atoms with Crippen LogP contribution >= 0.6 is 11.8 Å². The first-order valence-corrected chi connectivity index (χ1v) is 11.9. The molecule has 0 aliphatic carbocycles. The van der Waals surface area contributed by atoms with Gasteiger partial charge in [-0.3, -0.25) is 9.47 Å². The number of benzene rings is 2. The molecule has 2 aromatic carbocycles. The molecule has 2 atom stereocenters. The number of morpholine rings is 1. The number of nitrogens with zero attached hydrogens (tertiary/aromatic N) is 4. The van der Waals surface area contributed by atoms with Crippen LogP contribution < -0.4 is 4.74 Å². The minimum atomic E-state index is 0.375. The summed E-state index contributed by atoms with van der Waals surface area (Å²) in [5, 5.41) is 9.88. The quantitative estimate of drug-likeness (QED) is 0.496. The molecule has 0 N–H and O–H groups in total. The number of rotatable bonds is 8. The summed E-state index contributed by atoms with van der Waals surface area (Å²) in [5.41, 5.74) is 2.17. The van der Waals surface area contributed by atoms with E-state index in [9.17, 15) is 0 Å². The molecule has 5 rings (SSSR count). The van der Waals surface area contributed by atoms with Crippen LogP contribution in [0.3, 0.4) is 0 Å². The lowest BCUT2D eigenvalue weighted by molar-refractivity contribution is -0.0360. The maximum Gasteiger partial charge on any atom is 0.195 e. The number of ether oxygens (including phenoxy) is 2. The lowest BCUT2D eigenvalue weighted by atomic mass is 10.2. The zero-order valence-corrected chi connectivity index (χ0v) is 18.6. The lowest BCUT2D eigenvalue weighted by Crippen LogP contribution is -2.43. The molecular weight excluding hydrogens is 408 g/mol. The Labute approximate surface area is 187 Å². The third-order valence-corrected chi connectivity index (χ3v) is 6.83. The van der Waals surface area contributed by atoms with E-state index in [0.717, 1.165) is 53.4 Å². The van der Waals surface area contributed by atoms with Crippen molar-refractivity contribution in [3.8, 4) is 11.4 Å². The Bertz CT molecular complexity index is 998. The van der Waals surface area contributed by atoms with Gasteiger partial charge in [0.25, 0.3) is 0 Å². The summed E-state index contributed by atoms with van der Waals surface area (Å²) in [6.07, 6.45) is 3.28. The summed E-state index contributed by atoms with van der Waals surface area (Å²) in [7, 11) is 0. The second kappa shape index (κ2) is 9.42. The highest BCUT2D eigenvalue weighted by molar-refractivity contribution is 7.99. The van der Waals surface area contributed by atoms with E-state index in [1.807, 2.05) is 36.4 Å². The highest BCUT2D eigenvalue weighted by atomic mass is 32.2. The summed E-state index contributed by atoms with van der Waals surface area (Å²) in [5.74, 6) is 2.66. The van der Waals surface area contributed by atoms with Crippen LogP contribution in [0.15, 0.2) is 59.8 Å². The van der Waals surface area contributed by atoms with Crippen LogP contribution in [-0.4, -0.2) is 57.3 Å². The fourth-order valence-electron chi connectivity index (χ4n) is 4.33. The van der Waals surface area contributed by atoms with Gasteiger partial charge in [0, 0.05) is 31.1 Å². The fourth-order valence-corrected chi connectivity index (χ4v) is 5.30. The van der Waals surface area contributed by atoms with E-state index in [1.54, 1.807) is 11.8 Å². The zero-order valence-electron chi connectivity index (χ0n) is 17.8. The summed E-state index contributed by atoms with van der Waals surface area (Å²) < 4.78 is 14.1. The molecule has 0 unspecified atom stereocenters. The fraction of sp³-hybridized carbons (Fsp3) is 0.417. The van der Waals surface area contributed by atoms with Gasteiger partial charge < -0.3 is 9.47 Å². The minimum Gasteiger partial charge on any atom is -0.485 e. The molecule has 7 heteroatoms. The Kier molecular flexibility index (Phi) is 6.25. The average Bonchev–Trinajstić information content (AvgIpc) is 3.36. The van der Waals surface area contributed by atoms with Crippen molar-refractivity contribution in [3.63, 3.8) is 0 Å². The van der Waals surface area contributed by atoms with Gasteiger partial charge in [0.05, 0.1) is 12.2 Å². The van der Waals surface area contributed by atoms with E-state index in [2.05, 4.69) is 44.8 Å². The maximum absolute atomic E-state index is 6.07. The van der Waals surface area contributed by atoms with E-state index in [1.165, 1.54) is 12.8 Å². The molecule has 0 amide bonds. The molecule has 162 valence electrons. The predicted octanol–water partition coefficient (Wildman–Crippen LogP) is 4.11. The molecule has 2 fully saturated rings. The predicted molar refractivity (Wildman–Crippen MR) is 122 cm³/mol. The topological polar surface area (TPSA) is 52.4 Å². The van der Waals surface area contributed by atoms with Gasteiger partial charge in [0.15, 0.2) is 11.0 Å². The van der Waals surface area contributed by atoms with Gasteiger partial charge in [-0.1, -0.05) is 48.2 Å². The molecule has 2 bridgehead atoms. The highest BCUT2D eigenvalue weighted by Gasteiger charge is 2.33. The summed E-state index contributed by atoms with van der Waals surface area (Å²) in [6.45, 7) is 5.57. The van der Waals surface area contributed by atoms with Crippen molar-refractivity contribution < 1.29 is 9.47 Å². The minimum absolute atomic E-state index is 0.375. The molecule has 6 nitrogen and oxygen atoms in total. The highest BCUT2D eigenvalue weighted by Crippen LogP contribution is 2.28. The number of fused-ring (bicyclic) bond motifs is 2. The Morgan fingerprint density at radius 2 is 1.74 bits per heavy atom. The number of hydrogen-bond donors (Lipinski definition) is 0. The van der Waals surface area contributed by atoms with E-state index >= 15 is 0 Å². The van der Waals surface area contributed by atoms with Crippen LogP contribution in [0.2, 0.25) is 0 Å². The third kappa shape index (κ3) is 4.79. The standard InChI is InChI=1S/C24H28N4O2S/c1-18-7-5-6-10-22(18)29-17-23-25-26-24(28(23)19-8-3-2-4-9-19)31-14-13-27-15-20-11-12-21(16-27)30-20/h2-10,20-21H,11-17H2,1H3/t20-,21+. The van der Waals surface area contributed by atoms with Crippen LogP contribution in [0, 0.1) is 6.92 Å². The summed E-state index contributed by atoms with van der Waals surface area (Å²) >= 11 is 1.76. The van der Waals surface area contributed by atoms with Crippen LogP contribution in [0.1, 0.15) is 24.2 Å². The number of likely N-dealkylation sites (tertiary alicyclic amines) is 1. The number of aromatic nitrogens is 3. The molecule has 3 heterocycles. The lowest BCUT2D eigenvalue weighted by Gasteiger charge is -2.31. The Morgan fingerprint density at radius 3 is 2.52 bits per heavy atom. The maximum atomic E-state index is 6.07. The van der Waals surface area contributed by atoms with Crippen LogP contribution in [-0.2, 0) is 11.3 Å². The van der Waals surface area contributed by atoms with Crippen molar-refractivity contribution in [1.82, 2.24) is 19.7 Å². The van der Waals surface area contributed by atoms with Gasteiger partial charge >= 0.3 is 0 Å². The Morgan fingerprint density at radius 1 is 1.00 bits per heavy atom. The van der Waals surface area contributed by atoms with Crippen molar-refractivity contribution >= 4 is 11.8 Å². The number of para-hydroxylation sites is 2.